The summed E-state index contributed by atoms with van der Waals surface area (Å²) in [5.74, 6) is 0.519. The number of guanidine groups is 1. The Morgan fingerprint density at radius 3 is 2.91 bits per heavy atom. The highest BCUT2D eigenvalue weighted by Crippen LogP contribution is 2.44. The molecule has 23 heavy (non-hydrogen) atoms. The molecular formula is C16H18ClFIN3O. The second-order valence-electron chi connectivity index (χ2n) is 5.29. The van der Waals surface area contributed by atoms with Crippen molar-refractivity contribution in [3.05, 3.63) is 58.8 Å². The zero-order chi connectivity index (χ0) is 15.5. The van der Waals surface area contributed by atoms with Crippen LogP contribution >= 0.6 is 35.6 Å². The van der Waals surface area contributed by atoms with Gasteiger partial charge in [-0.25, -0.2) is 4.39 Å². The molecule has 2 atom stereocenters. The number of hydrogen-bond donors (Lipinski definition) is 2. The van der Waals surface area contributed by atoms with Gasteiger partial charge in [0.15, 0.2) is 5.96 Å². The molecule has 0 saturated heterocycles. The van der Waals surface area contributed by atoms with Gasteiger partial charge in [-0.2, -0.15) is 0 Å². The largest absolute Gasteiger partial charge is 0.472 e. The molecule has 2 unspecified atom stereocenters. The van der Waals surface area contributed by atoms with Crippen molar-refractivity contribution >= 4 is 41.5 Å². The van der Waals surface area contributed by atoms with Crippen molar-refractivity contribution < 1.29 is 8.81 Å². The minimum absolute atomic E-state index is 0. The third kappa shape index (κ3) is 4.38. The normalized spacial score (nSPS) is 19.9. The summed E-state index contributed by atoms with van der Waals surface area (Å²) in [6.45, 7) is 0.619. The van der Waals surface area contributed by atoms with Gasteiger partial charge in [-0.05, 0) is 24.6 Å². The van der Waals surface area contributed by atoms with Gasteiger partial charge in [-0.1, -0.05) is 17.7 Å². The Kier molecular flexibility index (Phi) is 6.29. The average Bonchev–Trinajstić information content (AvgIpc) is 3.04. The Morgan fingerprint density at radius 1 is 1.43 bits per heavy atom. The fraction of sp³-hybridized carbons (Fsp3) is 0.312. The van der Waals surface area contributed by atoms with Gasteiger partial charge in [-0.3, -0.25) is 4.99 Å². The summed E-state index contributed by atoms with van der Waals surface area (Å²) in [6, 6.07) is 6.82. The highest BCUT2D eigenvalue weighted by atomic mass is 127. The summed E-state index contributed by atoms with van der Waals surface area (Å²) in [4.78, 5) is 4.18. The molecule has 124 valence electrons. The van der Waals surface area contributed by atoms with Crippen LogP contribution in [0.25, 0.3) is 0 Å². The van der Waals surface area contributed by atoms with E-state index in [1.165, 1.54) is 6.07 Å². The monoisotopic (exact) mass is 449 g/mol. The quantitative estimate of drug-likeness (QED) is 0.423. The standard InChI is InChI=1S/C16H17ClFN3O.HI/c1-19-16(20-8-10-5-6-22-9-10)21-14-7-11(14)15-12(17)3-2-4-13(15)18;/h2-6,9,11,14H,7-8H2,1H3,(H2,19,20,21);1H. The van der Waals surface area contributed by atoms with E-state index in [0.717, 1.165) is 12.0 Å². The van der Waals surface area contributed by atoms with Crippen LogP contribution in [0.2, 0.25) is 5.02 Å². The van der Waals surface area contributed by atoms with Gasteiger partial charge in [-0.15, -0.1) is 24.0 Å². The molecule has 0 spiro atoms. The number of benzene rings is 1. The van der Waals surface area contributed by atoms with Gasteiger partial charge in [0.25, 0.3) is 0 Å². The number of aliphatic imine (C=N–C) groups is 1. The highest BCUT2D eigenvalue weighted by molar-refractivity contribution is 14.0. The summed E-state index contributed by atoms with van der Waals surface area (Å²) in [5, 5.41) is 6.97. The average molecular weight is 450 g/mol. The van der Waals surface area contributed by atoms with Crippen LogP contribution < -0.4 is 10.6 Å². The minimum atomic E-state index is -0.247. The van der Waals surface area contributed by atoms with Gasteiger partial charge in [0.2, 0.25) is 0 Å². The molecule has 0 bridgehead atoms. The van der Waals surface area contributed by atoms with Gasteiger partial charge in [0, 0.05) is 41.7 Å². The van der Waals surface area contributed by atoms with E-state index in [2.05, 4.69) is 15.6 Å². The maximum absolute atomic E-state index is 13.9. The molecule has 4 nitrogen and oxygen atoms in total. The Morgan fingerprint density at radius 2 is 2.26 bits per heavy atom. The summed E-state index contributed by atoms with van der Waals surface area (Å²) in [6.07, 6.45) is 4.15. The molecule has 1 aliphatic carbocycles. The predicted molar refractivity (Wildman–Crippen MR) is 100 cm³/mol. The fourth-order valence-electron chi connectivity index (χ4n) is 2.49. The maximum Gasteiger partial charge on any atom is 0.191 e. The third-order valence-electron chi connectivity index (χ3n) is 3.75. The predicted octanol–water partition coefficient (Wildman–Crippen LogP) is 3.91. The first-order chi connectivity index (χ1) is 10.7. The van der Waals surface area contributed by atoms with Crippen molar-refractivity contribution in [2.45, 2.75) is 24.9 Å². The maximum atomic E-state index is 13.9. The van der Waals surface area contributed by atoms with Gasteiger partial charge in [0.05, 0.1) is 12.5 Å². The van der Waals surface area contributed by atoms with Crippen LogP contribution in [0.4, 0.5) is 4.39 Å². The zero-order valence-corrected chi connectivity index (χ0v) is 15.6. The van der Waals surface area contributed by atoms with E-state index in [1.807, 2.05) is 6.07 Å². The zero-order valence-electron chi connectivity index (χ0n) is 12.6. The molecule has 3 rings (SSSR count). The lowest BCUT2D eigenvalue weighted by Crippen LogP contribution is -2.38. The molecule has 2 aromatic rings. The SMILES string of the molecule is CN=C(NCc1ccoc1)NC1CC1c1c(F)cccc1Cl.I. The van der Waals surface area contributed by atoms with E-state index < -0.39 is 0 Å². The molecule has 1 heterocycles. The molecule has 2 N–H and O–H groups in total. The summed E-state index contributed by atoms with van der Waals surface area (Å²) in [7, 11) is 1.71. The Labute approximate surface area is 156 Å². The Balaban J connectivity index is 0.00000192. The molecule has 1 saturated carbocycles. The van der Waals surface area contributed by atoms with Crippen LogP contribution in [0.3, 0.4) is 0 Å². The van der Waals surface area contributed by atoms with Crippen LogP contribution in [0.5, 0.6) is 0 Å². The first-order valence-corrected chi connectivity index (χ1v) is 7.49. The Bertz CT molecular complexity index is 658. The van der Waals surface area contributed by atoms with E-state index in [1.54, 1.807) is 31.7 Å². The number of nitrogens with zero attached hydrogens (tertiary/aromatic N) is 1. The van der Waals surface area contributed by atoms with Crippen LogP contribution in [0.15, 0.2) is 46.2 Å². The molecule has 0 radical (unpaired) electrons. The molecule has 1 aliphatic rings. The minimum Gasteiger partial charge on any atom is -0.472 e. The van der Waals surface area contributed by atoms with Crippen molar-refractivity contribution in [2.75, 3.05) is 7.05 Å². The number of halogens is 3. The van der Waals surface area contributed by atoms with E-state index in [4.69, 9.17) is 16.0 Å². The van der Waals surface area contributed by atoms with Crippen molar-refractivity contribution in [1.29, 1.82) is 0 Å². The van der Waals surface area contributed by atoms with Crippen molar-refractivity contribution in [2.24, 2.45) is 4.99 Å². The molecule has 7 heteroatoms. The van der Waals surface area contributed by atoms with Crippen LogP contribution in [0.1, 0.15) is 23.5 Å². The fourth-order valence-corrected chi connectivity index (χ4v) is 2.79. The van der Waals surface area contributed by atoms with Crippen LogP contribution in [0, 0.1) is 5.82 Å². The molecular weight excluding hydrogens is 432 g/mol. The summed E-state index contributed by atoms with van der Waals surface area (Å²) in [5.41, 5.74) is 1.62. The van der Waals surface area contributed by atoms with Gasteiger partial charge < -0.3 is 15.1 Å². The molecule has 0 aliphatic heterocycles. The van der Waals surface area contributed by atoms with E-state index in [0.29, 0.717) is 23.1 Å². The number of rotatable bonds is 4. The Hall–Kier alpha value is -1.28. The van der Waals surface area contributed by atoms with E-state index in [9.17, 15) is 4.39 Å². The number of furan rings is 1. The number of hydrogen-bond acceptors (Lipinski definition) is 2. The second-order valence-corrected chi connectivity index (χ2v) is 5.69. The van der Waals surface area contributed by atoms with Crippen LogP contribution in [-0.4, -0.2) is 19.0 Å². The second kappa shape index (κ2) is 8.01. The van der Waals surface area contributed by atoms with Crippen molar-refractivity contribution in [1.82, 2.24) is 10.6 Å². The molecule has 1 aromatic carbocycles. The summed E-state index contributed by atoms with van der Waals surface area (Å²) >= 11 is 6.10. The van der Waals surface area contributed by atoms with Gasteiger partial charge >= 0.3 is 0 Å². The van der Waals surface area contributed by atoms with Crippen LogP contribution in [-0.2, 0) is 6.54 Å². The van der Waals surface area contributed by atoms with Crippen molar-refractivity contribution in [3.63, 3.8) is 0 Å². The smallest absolute Gasteiger partial charge is 0.191 e. The molecule has 1 fully saturated rings. The lowest BCUT2D eigenvalue weighted by molar-refractivity contribution is 0.563. The first kappa shape index (κ1) is 18.1. The first-order valence-electron chi connectivity index (χ1n) is 7.11. The molecule has 0 amide bonds. The lowest BCUT2D eigenvalue weighted by Gasteiger charge is -2.11. The lowest BCUT2D eigenvalue weighted by atomic mass is 10.1. The van der Waals surface area contributed by atoms with Crippen molar-refractivity contribution in [3.8, 4) is 0 Å². The van der Waals surface area contributed by atoms with E-state index in [-0.39, 0.29) is 41.8 Å². The van der Waals surface area contributed by atoms with E-state index >= 15 is 0 Å². The highest BCUT2D eigenvalue weighted by Gasteiger charge is 2.41. The van der Waals surface area contributed by atoms with Gasteiger partial charge in [0.1, 0.15) is 5.82 Å². The molecule has 1 aromatic heterocycles. The third-order valence-corrected chi connectivity index (χ3v) is 4.08. The summed E-state index contributed by atoms with van der Waals surface area (Å²) < 4.78 is 18.9. The number of nitrogens with one attached hydrogen (secondary N) is 2. The topological polar surface area (TPSA) is 49.6 Å².